The van der Waals surface area contributed by atoms with Crippen molar-refractivity contribution < 1.29 is 0 Å². The molecule has 110 valence electrons. The van der Waals surface area contributed by atoms with Crippen molar-refractivity contribution in [2.75, 3.05) is 18.0 Å². The maximum Gasteiger partial charge on any atom is 0.123 e. The molecule has 2 rings (SSSR count). The highest BCUT2D eigenvalue weighted by Gasteiger charge is 2.04. The van der Waals surface area contributed by atoms with Crippen molar-refractivity contribution in [1.82, 2.24) is 0 Å². The second-order valence-corrected chi connectivity index (χ2v) is 5.27. The van der Waals surface area contributed by atoms with Gasteiger partial charge in [0.2, 0.25) is 0 Å². The molecule has 0 aliphatic heterocycles. The van der Waals surface area contributed by atoms with E-state index in [1.54, 1.807) is 18.2 Å². The minimum atomic E-state index is 0.492. The van der Waals surface area contributed by atoms with Gasteiger partial charge in [0.05, 0.1) is 15.7 Å². The Morgan fingerprint density at radius 1 is 0.857 bits per heavy atom. The Labute approximate surface area is 135 Å². The number of azo groups is 1. The van der Waals surface area contributed by atoms with Crippen molar-refractivity contribution in [3.63, 3.8) is 0 Å². The van der Waals surface area contributed by atoms with Crippen LogP contribution < -0.4 is 4.90 Å². The average molecular weight is 322 g/mol. The minimum absolute atomic E-state index is 0.492. The standard InChI is InChI=1S/C16H17Cl2N3/c1-3-21(4-2)13-10-8-12(9-11-13)19-20-16-14(17)6-5-7-15(16)18/h5-11H,3-4H2,1-2H3. The van der Waals surface area contributed by atoms with Crippen LogP contribution >= 0.6 is 23.2 Å². The third-order valence-electron chi connectivity index (χ3n) is 3.18. The summed E-state index contributed by atoms with van der Waals surface area (Å²) >= 11 is 12.1. The largest absolute Gasteiger partial charge is 0.372 e. The highest BCUT2D eigenvalue weighted by Crippen LogP contribution is 2.34. The van der Waals surface area contributed by atoms with Crippen LogP contribution in [0.1, 0.15) is 13.8 Å². The monoisotopic (exact) mass is 321 g/mol. The van der Waals surface area contributed by atoms with Crippen LogP contribution in [-0.2, 0) is 0 Å². The van der Waals surface area contributed by atoms with Crippen LogP contribution in [0.5, 0.6) is 0 Å². The first kappa shape index (κ1) is 15.8. The normalized spacial score (nSPS) is 11.0. The molecule has 0 amide bonds. The van der Waals surface area contributed by atoms with Crippen LogP contribution in [0.25, 0.3) is 0 Å². The number of halogens is 2. The Morgan fingerprint density at radius 2 is 1.43 bits per heavy atom. The van der Waals surface area contributed by atoms with Crippen LogP contribution in [0, 0.1) is 0 Å². The first-order valence-electron chi connectivity index (χ1n) is 6.86. The summed E-state index contributed by atoms with van der Waals surface area (Å²) in [7, 11) is 0. The maximum atomic E-state index is 6.06. The molecule has 0 aliphatic carbocycles. The van der Waals surface area contributed by atoms with Gasteiger partial charge in [-0.1, -0.05) is 29.3 Å². The predicted molar refractivity (Wildman–Crippen MR) is 90.6 cm³/mol. The summed E-state index contributed by atoms with van der Waals surface area (Å²) in [6, 6.07) is 13.2. The van der Waals surface area contributed by atoms with Crippen molar-refractivity contribution >= 4 is 40.3 Å². The molecule has 3 nitrogen and oxygen atoms in total. The van der Waals surface area contributed by atoms with Crippen molar-refractivity contribution in [2.24, 2.45) is 10.2 Å². The van der Waals surface area contributed by atoms with Gasteiger partial charge in [-0.15, -0.1) is 5.11 Å². The molecule has 0 N–H and O–H groups in total. The predicted octanol–water partition coefficient (Wildman–Crippen LogP) is 6.26. The zero-order valence-electron chi connectivity index (χ0n) is 12.1. The molecule has 0 radical (unpaired) electrons. The minimum Gasteiger partial charge on any atom is -0.372 e. The van der Waals surface area contributed by atoms with Gasteiger partial charge < -0.3 is 4.90 Å². The zero-order chi connectivity index (χ0) is 15.2. The average Bonchev–Trinajstić information content (AvgIpc) is 2.49. The molecule has 0 saturated carbocycles. The maximum absolute atomic E-state index is 6.06. The van der Waals surface area contributed by atoms with Gasteiger partial charge >= 0.3 is 0 Å². The second-order valence-electron chi connectivity index (χ2n) is 4.46. The first-order chi connectivity index (χ1) is 10.2. The van der Waals surface area contributed by atoms with E-state index < -0.39 is 0 Å². The molecule has 0 bridgehead atoms. The number of rotatable bonds is 5. The quantitative estimate of drug-likeness (QED) is 0.597. The van der Waals surface area contributed by atoms with E-state index in [1.165, 1.54) is 5.69 Å². The molecule has 2 aromatic rings. The van der Waals surface area contributed by atoms with Gasteiger partial charge in [-0.2, -0.15) is 5.11 Å². The SMILES string of the molecule is CCN(CC)c1ccc(N=Nc2c(Cl)cccc2Cl)cc1. The Hall–Kier alpha value is -1.58. The molecule has 0 spiro atoms. The molecule has 0 fully saturated rings. The first-order valence-corrected chi connectivity index (χ1v) is 7.62. The molecule has 0 aliphatic rings. The van der Waals surface area contributed by atoms with Gasteiger partial charge in [0, 0.05) is 18.8 Å². The van der Waals surface area contributed by atoms with Crippen LogP contribution in [0.3, 0.4) is 0 Å². The third kappa shape index (κ3) is 3.96. The van der Waals surface area contributed by atoms with E-state index in [-0.39, 0.29) is 0 Å². The lowest BCUT2D eigenvalue weighted by Gasteiger charge is -2.20. The summed E-state index contributed by atoms with van der Waals surface area (Å²) in [5, 5.41) is 9.31. The van der Waals surface area contributed by atoms with E-state index in [0.717, 1.165) is 18.8 Å². The molecule has 0 heterocycles. The molecule has 0 unspecified atom stereocenters. The number of benzene rings is 2. The topological polar surface area (TPSA) is 28.0 Å². The van der Waals surface area contributed by atoms with E-state index in [2.05, 4.69) is 29.0 Å². The van der Waals surface area contributed by atoms with Gasteiger partial charge in [0.25, 0.3) is 0 Å². The fourth-order valence-electron chi connectivity index (χ4n) is 2.01. The Kier molecular flexibility index (Phi) is 5.59. The highest BCUT2D eigenvalue weighted by molar-refractivity contribution is 6.38. The fourth-order valence-corrected chi connectivity index (χ4v) is 2.48. The molecule has 21 heavy (non-hydrogen) atoms. The van der Waals surface area contributed by atoms with Gasteiger partial charge in [0.1, 0.15) is 5.69 Å². The fraction of sp³-hybridized carbons (Fsp3) is 0.250. The van der Waals surface area contributed by atoms with Crippen LogP contribution in [0.15, 0.2) is 52.7 Å². The van der Waals surface area contributed by atoms with E-state index >= 15 is 0 Å². The molecule has 0 aromatic heterocycles. The van der Waals surface area contributed by atoms with Crippen LogP contribution in [0.2, 0.25) is 10.0 Å². The number of anilines is 1. The van der Waals surface area contributed by atoms with Crippen molar-refractivity contribution in [3.8, 4) is 0 Å². The van der Waals surface area contributed by atoms with Crippen molar-refractivity contribution in [1.29, 1.82) is 0 Å². The lowest BCUT2D eigenvalue weighted by atomic mass is 10.2. The molecule has 0 atom stereocenters. The van der Waals surface area contributed by atoms with E-state index in [0.29, 0.717) is 15.7 Å². The zero-order valence-corrected chi connectivity index (χ0v) is 13.6. The lowest BCUT2D eigenvalue weighted by molar-refractivity contribution is 0.866. The second kappa shape index (κ2) is 7.43. The van der Waals surface area contributed by atoms with E-state index in [9.17, 15) is 0 Å². The summed E-state index contributed by atoms with van der Waals surface area (Å²) in [5.41, 5.74) is 2.44. The molecule has 2 aromatic carbocycles. The van der Waals surface area contributed by atoms with Crippen molar-refractivity contribution in [3.05, 3.63) is 52.5 Å². The summed E-state index contributed by atoms with van der Waals surface area (Å²) in [6.45, 7) is 6.23. The number of hydrogen-bond donors (Lipinski definition) is 0. The summed E-state index contributed by atoms with van der Waals surface area (Å²) in [6.07, 6.45) is 0. The van der Waals surface area contributed by atoms with Gasteiger partial charge in [-0.05, 0) is 50.2 Å². The molecular weight excluding hydrogens is 305 g/mol. The van der Waals surface area contributed by atoms with Crippen LogP contribution in [0.4, 0.5) is 17.1 Å². The highest BCUT2D eigenvalue weighted by atomic mass is 35.5. The Morgan fingerprint density at radius 3 is 1.95 bits per heavy atom. The number of nitrogens with zero attached hydrogens (tertiary/aromatic N) is 3. The third-order valence-corrected chi connectivity index (χ3v) is 3.79. The van der Waals surface area contributed by atoms with Gasteiger partial charge in [0.15, 0.2) is 0 Å². The van der Waals surface area contributed by atoms with Gasteiger partial charge in [-0.25, -0.2) is 0 Å². The lowest BCUT2D eigenvalue weighted by Crippen LogP contribution is -2.21. The van der Waals surface area contributed by atoms with Crippen LogP contribution in [-0.4, -0.2) is 13.1 Å². The van der Waals surface area contributed by atoms with E-state index in [1.807, 2.05) is 24.3 Å². The molecule has 0 saturated heterocycles. The summed E-state index contributed by atoms with van der Waals surface area (Å²) in [4.78, 5) is 2.27. The van der Waals surface area contributed by atoms with Gasteiger partial charge in [-0.3, -0.25) is 0 Å². The number of hydrogen-bond acceptors (Lipinski definition) is 3. The smallest absolute Gasteiger partial charge is 0.123 e. The molecule has 5 heteroatoms. The summed E-state index contributed by atoms with van der Waals surface area (Å²) < 4.78 is 0. The van der Waals surface area contributed by atoms with Crippen molar-refractivity contribution in [2.45, 2.75) is 13.8 Å². The Bertz CT molecular complexity index is 600. The summed E-state index contributed by atoms with van der Waals surface area (Å²) in [5.74, 6) is 0. The molecular formula is C16H17Cl2N3. The van der Waals surface area contributed by atoms with E-state index in [4.69, 9.17) is 23.2 Å². The Balaban J connectivity index is 2.19.